The Morgan fingerprint density at radius 2 is 2.06 bits per heavy atom. The highest BCUT2D eigenvalue weighted by atomic mass is 19.1. The van der Waals surface area contributed by atoms with Crippen molar-refractivity contribution >= 4 is 17.5 Å². The SMILES string of the molecule is Cc1ccc(C(C)C)c(OC2CCN(c3ncnc(NC(CC(C)(C)C)C(N)=O)c3F)C2)c1. The predicted molar refractivity (Wildman–Crippen MR) is 129 cm³/mol. The van der Waals surface area contributed by atoms with Crippen molar-refractivity contribution in [1.82, 2.24) is 9.97 Å². The van der Waals surface area contributed by atoms with Crippen LogP contribution in [-0.4, -0.2) is 41.1 Å². The number of amides is 1. The highest BCUT2D eigenvalue weighted by molar-refractivity contribution is 5.82. The molecule has 8 heteroatoms. The second-order valence-electron chi connectivity index (χ2n) is 10.4. The molecular weight excluding hydrogens is 421 g/mol. The van der Waals surface area contributed by atoms with Gasteiger partial charge in [0.2, 0.25) is 11.7 Å². The Kier molecular flexibility index (Phi) is 7.44. The van der Waals surface area contributed by atoms with Crippen LogP contribution in [0, 0.1) is 18.2 Å². The first-order chi connectivity index (χ1) is 15.4. The normalized spacial score (nSPS) is 17.3. The van der Waals surface area contributed by atoms with Gasteiger partial charge in [-0.2, -0.15) is 4.39 Å². The van der Waals surface area contributed by atoms with Crippen LogP contribution in [0.1, 0.15) is 64.5 Å². The lowest BCUT2D eigenvalue weighted by atomic mass is 9.88. The van der Waals surface area contributed by atoms with Crippen molar-refractivity contribution in [3.05, 3.63) is 41.5 Å². The summed E-state index contributed by atoms with van der Waals surface area (Å²) in [5, 5.41) is 2.89. The molecule has 2 atom stereocenters. The number of hydrogen-bond acceptors (Lipinski definition) is 6. The number of primary amides is 1. The zero-order valence-corrected chi connectivity index (χ0v) is 20.5. The van der Waals surface area contributed by atoms with Crippen LogP contribution >= 0.6 is 0 Å². The summed E-state index contributed by atoms with van der Waals surface area (Å²) in [5.74, 6) is 0.283. The summed E-state index contributed by atoms with van der Waals surface area (Å²) >= 11 is 0. The standard InChI is InChI=1S/C25H36FN5O2/c1-15(2)18-8-7-16(3)11-20(18)33-17-9-10-31(13-17)24-21(26)23(28-14-29-24)30-19(22(27)32)12-25(4,5)6/h7-8,11,14-15,17,19H,9-10,12-13H2,1-6H3,(H2,27,32)(H,28,29,30). The Bertz CT molecular complexity index is 989. The summed E-state index contributed by atoms with van der Waals surface area (Å²) < 4.78 is 21.7. The third-order valence-corrected chi connectivity index (χ3v) is 5.77. The Labute approximate surface area is 195 Å². The largest absolute Gasteiger partial charge is 0.488 e. The molecule has 1 saturated heterocycles. The summed E-state index contributed by atoms with van der Waals surface area (Å²) in [5.41, 5.74) is 7.68. The number of nitrogens with one attached hydrogen (secondary N) is 1. The summed E-state index contributed by atoms with van der Waals surface area (Å²) in [6.45, 7) is 13.4. The van der Waals surface area contributed by atoms with Crippen LogP contribution < -0.4 is 20.7 Å². The first kappa shape index (κ1) is 24.7. The molecule has 2 heterocycles. The summed E-state index contributed by atoms with van der Waals surface area (Å²) in [7, 11) is 0. The molecule has 2 aromatic rings. The molecule has 1 amide bonds. The average molecular weight is 458 g/mol. The van der Waals surface area contributed by atoms with Crippen LogP contribution in [0.2, 0.25) is 0 Å². The van der Waals surface area contributed by atoms with Crippen molar-refractivity contribution < 1.29 is 13.9 Å². The molecule has 3 N–H and O–H groups in total. The molecule has 33 heavy (non-hydrogen) atoms. The Balaban J connectivity index is 1.74. The Morgan fingerprint density at radius 1 is 1.33 bits per heavy atom. The van der Waals surface area contributed by atoms with Crippen LogP contribution in [0.4, 0.5) is 16.0 Å². The summed E-state index contributed by atoms with van der Waals surface area (Å²) in [4.78, 5) is 22.0. The van der Waals surface area contributed by atoms with Crippen molar-refractivity contribution in [2.45, 2.75) is 72.4 Å². The molecular formula is C25H36FN5O2. The van der Waals surface area contributed by atoms with E-state index in [1.165, 1.54) is 6.33 Å². The predicted octanol–water partition coefficient (Wildman–Crippen LogP) is 4.41. The van der Waals surface area contributed by atoms with E-state index >= 15 is 4.39 Å². The van der Waals surface area contributed by atoms with Gasteiger partial charge in [0.05, 0.1) is 6.54 Å². The van der Waals surface area contributed by atoms with E-state index in [4.69, 9.17) is 10.5 Å². The van der Waals surface area contributed by atoms with E-state index in [0.717, 1.165) is 23.3 Å². The van der Waals surface area contributed by atoms with Gasteiger partial charge in [0.1, 0.15) is 24.2 Å². The fourth-order valence-corrected chi connectivity index (χ4v) is 4.10. The fraction of sp³-hybridized carbons (Fsp3) is 0.560. The highest BCUT2D eigenvalue weighted by Gasteiger charge is 2.30. The molecule has 2 unspecified atom stereocenters. The molecule has 1 aliphatic rings. The Morgan fingerprint density at radius 3 is 2.70 bits per heavy atom. The van der Waals surface area contributed by atoms with Gasteiger partial charge < -0.3 is 20.7 Å². The van der Waals surface area contributed by atoms with Gasteiger partial charge in [-0.3, -0.25) is 4.79 Å². The lowest BCUT2D eigenvalue weighted by Crippen LogP contribution is -2.39. The van der Waals surface area contributed by atoms with E-state index < -0.39 is 17.8 Å². The number of carbonyl (C=O) groups is 1. The maximum absolute atomic E-state index is 15.3. The molecule has 7 nitrogen and oxygen atoms in total. The number of aryl methyl sites for hydroxylation is 1. The van der Waals surface area contributed by atoms with Gasteiger partial charge in [-0.15, -0.1) is 0 Å². The van der Waals surface area contributed by atoms with Crippen molar-refractivity contribution in [3.63, 3.8) is 0 Å². The van der Waals surface area contributed by atoms with Crippen LogP contribution in [0.25, 0.3) is 0 Å². The van der Waals surface area contributed by atoms with Crippen LogP contribution in [-0.2, 0) is 4.79 Å². The molecule has 0 aliphatic carbocycles. The molecule has 3 rings (SSSR count). The fourth-order valence-electron chi connectivity index (χ4n) is 4.10. The smallest absolute Gasteiger partial charge is 0.239 e. The second kappa shape index (κ2) is 9.93. The van der Waals surface area contributed by atoms with E-state index in [9.17, 15) is 4.79 Å². The van der Waals surface area contributed by atoms with Gasteiger partial charge in [0.25, 0.3) is 0 Å². The quantitative estimate of drug-likeness (QED) is 0.610. The van der Waals surface area contributed by atoms with Crippen molar-refractivity contribution in [1.29, 1.82) is 0 Å². The van der Waals surface area contributed by atoms with Gasteiger partial charge in [0.15, 0.2) is 11.6 Å². The number of carbonyl (C=O) groups excluding carboxylic acids is 1. The molecule has 0 saturated carbocycles. The van der Waals surface area contributed by atoms with E-state index in [0.29, 0.717) is 25.4 Å². The number of benzene rings is 1. The van der Waals surface area contributed by atoms with E-state index in [1.54, 1.807) is 0 Å². The van der Waals surface area contributed by atoms with E-state index in [-0.39, 0.29) is 23.2 Å². The molecule has 1 fully saturated rings. The number of anilines is 2. The van der Waals surface area contributed by atoms with Gasteiger partial charge in [0, 0.05) is 13.0 Å². The van der Waals surface area contributed by atoms with Crippen LogP contribution in [0.5, 0.6) is 5.75 Å². The van der Waals surface area contributed by atoms with E-state index in [2.05, 4.69) is 47.3 Å². The van der Waals surface area contributed by atoms with Gasteiger partial charge in [-0.25, -0.2) is 9.97 Å². The minimum atomic E-state index is -0.729. The average Bonchev–Trinajstić information content (AvgIpc) is 3.16. The zero-order valence-electron chi connectivity index (χ0n) is 20.5. The van der Waals surface area contributed by atoms with Crippen molar-refractivity contribution in [2.24, 2.45) is 11.1 Å². The zero-order chi connectivity index (χ0) is 24.3. The van der Waals surface area contributed by atoms with Crippen LogP contribution in [0.3, 0.4) is 0 Å². The number of rotatable bonds is 8. The third-order valence-electron chi connectivity index (χ3n) is 5.77. The Hall–Kier alpha value is -2.90. The third kappa shape index (κ3) is 6.33. The van der Waals surface area contributed by atoms with Crippen molar-refractivity contribution in [2.75, 3.05) is 23.3 Å². The minimum Gasteiger partial charge on any atom is -0.488 e. The summed E-state index contributed by atoms with van der Waals surface area (Å²) in [6.07, 6.45) is 2.44. The number of halogens is 1. The number of ether oxygens (including phenoxy) is 1. The first-order valence-corrected chi connectivity index (χ1v) is 11.5. The maximum Gasteiger partial charge on any atom is 0.239 e. The van der Waals surface area contributed by atoms with Gasteiger partial charge >= 0.3 is 0 Å². The molecule has 0 radical (unpaired) electrons. The molecule has 1 aliphatic heterocycles. The lowest BCUT2D eigenvalue weighted by Gasteiger charge is -2.26. The highest BCUT2D eigenvalue weighted by Crippen LogP contribution is 2.32. The van der Waals surface area contributed by atoms with Gasteiger partial charge in [-0.05, 0) is 41.9 Å². The topological polar surface area (TPSA) is 93.4 Å². The molecule has 1 aromatic carbocycles. The molecule has 180 valence electrons. The number of nitrogens with two attached hydrogens (primary N) is 1. The number of aromatic nitrogens is 2. The summed E-state index contributed by atoms with van der Waals surface area (Å²) in [6, 6.07) is 5.53. The first-order valence-electron chi connectivity index (χ1n) is 11.5. The number of nitrogens with zero attached hydrogens (tertiary/aromatic N) is 3. The van der Waals surface area contributed by atoms with E-state index in [1.807, 2.05) is 32.6 Å². The minimum absolute atomic E-state index is 0.0156. The van der Waals surface area contributed by atoms with Crippen molar-refractivity contribution in [3.8, 4) is 5.75 Å². The number of hydrogen-bond donors (Lipinski definition) is 2. The monoisotopic (exact) mass is 457 g/mol. The van der Waals surface area contributed by atoms with Crippen LogP contribution in [0.15, 0.2) is 24.5 Å². The molecule has 1 aromatic heterocycles. The molecule has 0 spiro atoms. The van der Waals surface area contributed by atoms with Gasteiger partial charge in [-0.1, -0.05) is 46.8 Å². The maximum atomic E-state index is 15.3. The lowest BCUT2D eigenvalue weighted by molar-refractivity contribution is -0.119. The molecule has 0 bridgehead atoms. The second-order valence-corrected chi connectivity index (χ2v) is 10.4.